The Balaban J connectivity index is 1.37. The number of rotatable bonds is 9. The SMILES string of the molecule is CCOc1cc(CN[C@H](C)c2ccccn2)ccc1OCC(=O)N1C[C@@]2(C)C[C@H]1CC(C)(C)C2. The summed E-state index contributed by atoms with van der Waals surface area (Å²) in [5.41, 5.74) is 2.61. The van der Waals surface area contributed by atoms with Crippen LogP contribution in [0.2, 0.25) is 0 Å². The standard InChI is InChI=1S/C28H39N3O3/c1-6-33-25-13-21(16-30-20(2)23-9-7-8-12-29-23)10-11-24(25)34-17-26(32)31-19-28(5)15-22(31)14-27(3,4)18-28/h7-13,20,22,30H,6,14-19H2,1-5H3/t20-,22-,28+/m1/s1. The van der Waals surface area contributed by atoms with E-state index in [1.165, 1.54) is 6.42 Å². The molecule has 34 heavy (non-hydrogen) atoms. The van der Waals surface area contributed by atoms with Gasteiger partial charge in [0.15, 0.2) is 18.1 Å². The number of nitrogens with one attached hydrogen (secondary N) is 1. The minimum Gasteiger partial charge on any atom is -0.490 e. The molecule has 1 aromatic carbocycles. The number of pyridine rings is 1. The quantitative estimate of drug-likeness (QED) is 0.556. The van der Waals surface area contributed by atoms with Gasteiger partial charge in [0.2, 0.25) is 0 Å². The third-order valence-electron chi connectivity index (χ3n) is 7.14. The molecule has 2 aliphatic rings. The molecule has 6 heteroatoms. The van der Waals surface area contributed by atoms with Gasteiger partial charge in [0.25, 0.3) is 5.91 Å². The molecule has 0 spiro atoms. The normalized spacial score (nSPS) is 24.0. The lowest BCUT2D eigenvalue weighted by molar-refractivity contribution is -0.134. The average molecular weight is 466 g/mol. The van der Waals surface area contributed by atoms with Crippen molar-refractivity contribution in [3.63, 3.8) is 0 Å². The average Bonchev–Trinajstić information content (AvgIpc) is 3.06. The largest absolute Gasteiger partial charge is 0.490 e. The van der Waals surface area contributed by atoms with E-state index in [-0.39, 0.29) is 29.4 Å². The van der Waals surface area contributed by atoms with Crippen molar-refractivity contribution in [2.75, 3.05) is 19.8 Å². The number of amides is 1. The fraction of sp³-hybridized carbons (Fsp3) is 0.571. The first-order chi connectivity index (χ1) is 16.2. The Hall–Kier alpha value is -2.60. The summed E-state index contributed by atoms with van der Waals surface area (Å²) in [5.74, 6) is 1.36. The molecule has 2 bridgehead atoms. The zero-order chi connectivity index (χ0) is 24.3. The minimum absolute atomic E-state index is 0.0430. The molecule has 4 rings (SSSR count). The van der Waals surface area contributed by atoms with Crippen molar-refractivity contribution < 1.29 is 14.3 Å². The predicted molar refractivity (Wildman–Crippen MR) is 134 cm³/mol. The van der Waals surface area contributed by atoms with Gasteiger partial charge >= 0.3 is 0 Å². The van der Waals surface area contributed by atoms with E-state index >= 15 is 0 Å². The Labute approximate surface area is 204 Å². The van der Waals surface area contributed by atoms with E-state index in [0.717, 1.165) is 30.6 Å². The summed E-state index contributed by atoms with van der Waals surface area (Å²) in [6, 6.07) is 12.3. The highest BCUT2D eigenvalue weighted by Crippen LogP contribution is 2.52. The number of hydrogen-bond acceptors (Lipinski definition) is 5. The summed E-state index contributed by atoms with van der Waals surface area (Å²) in [6.07, 6.45) is 5.15. The zero-order valence-corrected chi connectivity index (χ0v) is 21.3. The van der Waals surface area contributed by atoms with Gasteiger partial charge in [0.1, 0.15) is 0 Å². The second kappa shape index (κ2) is 9.95. The summed E-state index contributed by atoms with van der Waals surface area (Å²) >= 11 is 0. The molecule has 1 saturated carbocycles. The van der Waals surface area contributed by atoms with Crippen LogP contribution in [0.5, 0.6) is 11.5 Å². The number of nitrogens with zero attached hydrogens (tertiary/aromatic N) is 2. The van der Waals surface area contributed by atoms with Crippen LogP contribution in [0.25, 0.3) is 0 Å². The first kappa shape index (κ1) is 24.5. The fourth-order valence-corrected chi connectivity index (χ4v) is 6.03. The molecule has 2 aromatic rings. The second-order valence-corrected chi connectivity index (χ2v) is 11.1. The molecule has 1 amide bonds. The number of ether oxygens (including phenoxy) is 2. The molecule has 3 atom stereocenters. The van der Waals surface area contributed by atoms with Crippen molar-refractivity contribution in [3.8, 4) is 11.5 Å². The summed E-state index contributed by atoms with van der Waals surface area (Å²) in [7, 11) is 0. The maximum absolute atomic E-state index is 13.1. The highest BCUT2D eigenvalue weighted by molar-refractivity contribution is 5.78. The van der Waals surface area contributed by atoms with Gasteiger partial charge in [-0.15, -0.1) is 0 Å². The molecule has 0 unspecified atom stereocenters. The van der Waals surface area contributed by atoms with E-state index in [1.807, 2.05) is 49.5 Å². The first-order valence-electron chi connectivity index (χ1n) is 12.5. The molecule has 1 aromatic heterocycles. The number of hydrogen-bond donors (Lipinski definition) is 1. The molecule has 1 aliphatic carbocycles. The van der Waals surface area contributed by atoms with Gasteiger partial charge in [0.05, 0.1) is 12.3 Å². The van der Waals surface area contributed by atoms with Gasteiger partial charge in [-0.3, -0.25) is 9.78 Å². The maximum atomic E-state index is 13.1. The van der Waals surface area contributed by atoms with Crippen molar-refractivity contribution in [1.82, 2.24) is 15.2 Å². The smallest absolute Gasteiger partial charge is 0.260 e. The molecule has 1 saturated heterocycles. The highest BCUT2D eigenvalue weighted by Gasteiger charge is 2.50. The molecule has 2 heterocycles. The maximum Gasteiger partial charge on any atom is 0.260 e. The highest BCUT2D eigenvalue weighted by atomic mass is 16.5. The summed E-state index contributed by atoms with van der Waals surface area (Å²) < 4.78 is 11.9. The third-order valence-corrected chi connectivity index (χ3v) is 7.14. The van der Waals surface area contributed by atoms with Gasteiger partial charge in [-0.05, 0) is 73.8 Å². The van der Waals surface area contributed by atoms with Crippen LogP contribution in [-0.4, -0.2) is 41.6 Å². The van der Waals surface area contributed by atoms with Gasteiger partial charge in [0, 0.05) is 31.4 Å². The van der Waals surface area contributed by atoms with Crippen LogP contribution in [-0.2, 0) is 11.3 Å². The van der Waals surface area contributed by atoms with Crippen LogP contribution in [0, 0.1) is 10.8 Å². The van der Waals surface area contributed by atoms with E-state index in [2.05, 4.69) is 42.9 Å². The summed E-state index contributed by atoms with van der Waals surface area (Å²) in [5, 5.41) is 3.50. The fourth-order valence-electron chi connectivity index (χ4n) is 6.03. The van der Waals surface area contributed by atoms with Crippen LogP contribution in [0.3, 0.4) is 0 Å². The minimum atomic E-state index is 0.0430. The third kappa shape index (κ3) is 5.72. The number of carbonyl (C=O) groups excluding carboxylic acids is 1. The lowest BCUT2D eigenvalue weighted by Crippen LogP contribution is -2.40. The van der Waals surface area contributed by atoms with Crippen molar-refractivity contribution in [1.29, 1.82) is 0 Å². The summed E-state index contributed by atoms with van der Waals surface area (Å²) in [6.45, 7) is 13.1. The second-order valence-electron chi connectivity index (χ2n) is 11.1. The lowest BCUT2D eigenvalue weighted by Gasteiger charge is -2.39. The van der Waals surface area contributed by atoms with Crippen molar-refractivity contribution >= 4 is 5.91 Å². The van der Waals surface area contributed by atoms with Gasteiger partial charge in [-0.1, -0.05) is 32.9 Å². The Kier molecular flexibility index (Phi) is 7.17. The Morgan fingerprint density at radius 1 is 1.18 bits per heavy atom. The van der Waals surface area contributed by atoms with Gasteiger partial charge in [-0.2, -0.15) is 0 Å². The topological polar surface area (TPSA) is 63.7 Å². The van der Waals surface area contributed by atoms with Crippen molar-refractivity contribution in [2.45, 2.75) is 72.5 Å². The van der Waals surface area contributed by atoms with Crippen LogP contribution >= 0.6 is 0 Å². The molecule has 1 aliphatic heterocycles. The number of fused-ring (bicyclic) bond motifs is 2. The van der Waals surface area contributed by atoms with Crippen LogP contribution in [0.1, 0.15) is 71.2 Å². The van der Waals surface area contributed by atoms with Crippen molar-refractivity contribution in [3.05, 3.63) is 53.9 Å². The molecular weight excluding hydrogens is 426 g/mol. The van der Waals surface area contributed by atoms with E-state index < -0.39 is 0 Å². The van der Waals surface area contributed by atoms with Gasteiger partial charge < -0.3 is 19.7 Å². The molecule has 0 radical (unpaired) electrons. The molecule has 2 fully saturated rings. The molecule has 6 nitrogen and oxygen atoms in total. The Morgan fingerprint density at radius 2 is 2.00 bits per heavy atom. The van der Waals surface area contributed by atoms with E-state index in [1.54, 1.807) is 0 Å². The molecule has 1 N–H and O–H groups in total. The van der Waals surface area contributed by atoms with Crippen LogP contribution < -0.4 is 14.8 Å². The lowest BCUT2D eigenvalue weighted by atomic mass is 9.65. The number of likely N-dealkylation sites (tertiary alicyclic amines) is 1. The number of benzene rings is 1. The zero-order valence-electron chi connectivity index (χ0n) is 21.3. The Bertz CT molecular complexity index is 994. The van der Waals surface area contributed by atoms with Crippen LogP contribution in [0.15, 0.2) is 42.6 Å². The summed E-state index contributed by atoms with van der Waals surface area (Å²) in [4.78, 5) is 19.6. The van der Waals surface area contributed by atoms with E-state index in [9.17, 15) is 4.79 Å². The molecule has 184 valence electrons. The van der Waals surface area contributed by atoms with Crippen molar-refractivity contribution in [2.24, 2.45) is 10.8 Å². The van der Waals surface area contributed by atoms with Gasteiger partial charge in [-0.25, -0.2) is 0 Å². The first-order valence-corrected chi connectivity index (χ1v) is 12.5. The monoisotopic (exact) mass is 465 g/mol. The predicted octanol–water partition coefficient (Wildman–Crippen LogP) is 5.14. The van der Waals surface area contributed by atoms with Crippen LogP contribution in [0.4, 0.5) is 0 Å². The van der Waals surface area contributed by atoms with E-state index in [0.29, 0.717) is 30.7 Å². The Morgan fingerprint density at radius 3 is 2.74 bits per heavy atom. The molecular formula is C28H39N3O3. The number of aromatic nitrogens is 1. The number of carbonyl (C=O) groups is 1. The van der Waals surface area contributed by atoms with E-state index in [4.69, 9.17) is 9.47 Å².